The molecule has 1 atom stereocenters. The summed E-state index contributed by atoms with van der Waals surface area (Å²) in [5, 5.41) is 19.8. The van der Waals surface area contributed by atoms with Crippen LogP contribution < -0.4 is 4.74 Å². The van der Waals surface area contributed by atoms with E-state index in [0.717, 1.165) is 31.5 Å². The lowest BCUT2D eigenvalue weighted by Crippen LogP contribution is -2.39. The Morgan fingerprint density at radius 2 is 1.95 bits per heavy atom. The number of hydrogen-bond donors (Lipinski definition) is 2. The molecule has 0 amide bonds. The maximum Gasteiger partial charge on any atom is 0.165 e. The first-order chi connectivity index (χ1) is 10.7. The highest BCUT2D eigenvalue weighted by molar-refractivity contribution is 5.52. The fourth-order valence-corrected chi connectivity index (χ4v) is 3.83. The lowest BCUT2D eigenvalue weighted by molar-refractivity contribution is 0.157. The van der Waals surface area contributed by atoms with Crippen LogP contribution in [0.25, 0.3) is 0 Å². The minimum Gasteiger partial charge on any atom is -0.508 e. The van der Waals surface area contributed by atoms with E-state index in [4.69, 9.17) is 4.74 Å². The molecule has 2 aliphatic heterocycles. The Morgan fingerprint density at radius 1 is 1.14 bits per heavy atom. The van der Waals surface area contributed by atoms with Crippen LogP contribution in [0.2, 0.25) is 0 Å². The van der Waals surface area contributed by atoms with E-state index >= 15 is 0 Å². The summed E-state index contributed by atoms with van der Waals surface area (Å²) in [4.78, 5) is 2.41. The van der Waals surface area contributed by atoms with E-state index in [9.17, 15) is 10.2 Å². The van der Waals surface area contributed by atoms with Crippen LogP contribution in [0.5, 0.6) is 17.2 Å². The third-order valence-corrected chi connectivity index (χ3v) is 4.91. The Morgan fingerprint density at radius 3 is 2.77 bits per heavy atom. The maximum atomic E-state index is 9.98. The van der Waals surface area contributed by atoms with E-state index in [0.29, 0.717) is 11.5 Å². The van der Waals surface area contributed by atoms with Crippen LogP contribution in [0.15, 0.2) is 30.3 Å². The Bertz CT molecular complexity index is 741. The first kappa shape index (κ1) is 13.5. The molecule has 0 saturated heterocycles. The first-order valence-corrected chi connectivity index (χ1v) is 7.61. The highest BCUT2D eigenvalue weighted by atomic mass is 16.5. The Hall–Kier alpha value is -2.20. The van der Waals surface area contributed by atoms with Crippen molar-refractivity contribution in [1.82, 2.24) is 4.90 Å². The number of fused-ring (bicyclic) bond motifs is 4. The predicted octanol–water partition coefficient (Wildman–Crippen LogP) is 2.76. The van der Waals surface area contributed by atoms with Gasteiger partial charge < -0.3 is 14.9 Å². The minimum absolute atomic E-state index is 0.203. The summed E-state index contributed by atoms with van der Waals surface area (Å²) in [5.41, 5.74) is 4.85. The van der Waals surface area contributed by atoms with Gasteiger partial charge in [-0.2, -0.15) is 0 Å². The number of methoxy groups -OCH3 is 1. The molecule has 1 unspecified atom stereocenters. The van der Waals surface area contributed by atoms with Crippen LogP contribution >= 0.6 is 0 Å². The molecule has 4 rings (SSSR count). The Kier molecular flexibility index (Phi) is 3.01. The second kappa shape index (κ2) is 4.92. The number of rotatable bonds is 1. The number of phenolic OH excluding ortho intramolecular Hbond substituents is 2. The fourth-order valence-electron chi connectivity index (χ4n) is 3.83. The molecule has 0 aromatic heterocycles. The van der Waals surface area contributed by atoms with Gasteiger partial charge in [0.05, 0.1) is 7.11 Å². The van der Waals surface area contributed by atoms with Crippen molar-refractivity contribution in [3.63, 3.8) is 0 Å². The molecule has 4 heteroatoms. The molecule has 2 aliphatic rings. The van der Waals surface area contributed by atoms with Gasteiger partial charge in [-0.25, -0.2) is 0 Å². The van der Waals surface area contributed by atoms with Crippen molar-refractivity contribution in [3.8, 4) is 17.2 Å². The third kappa shape index (κ3) is 1.95. The van der Waals surface area contributed by atoms with Crippen LogP contribution in [0.1, 0.15) is 28.3 Å². The zero-order valence-corrected chi connectivity index (χ0v) is 12.5. The summed E-state index contributed by atoms with van der Waals surface area (Å²) < 4.78 is 5.40. The zero-order chi connectivity index (χ0) is 15.3. The normalized spacial score (nSPS) is 20.0. The molecular formula is C18H19NO3. The average molecular weight is 297 g/mol. The number of aromatic hydroxyl groups is 2. The molecule has 2 heterocycles. The monoisotopic (exact) mass is 297 g/mol. The number of benzene rings is 2. The molecule has 0 spiro atoms. The molecule has 0 aliphatic carbocycles. The van der Waals surface area contributed by atoms with Crippen molar-refractivity contribution in [2.45, 2.75) is 25.4 Å². The Balaban J connectivity index is 1.79. The largest absolute Gasteiger partial charge is 0.508 e. The smallest absolute Gasteiger partial charge is 0.165 e. The number of nitrogens with zero attached hydrogens (tertiary/aromatic N) is 1. The van der Waals surface area contributed by atoms with Gasteiger partial charge >= 0.3 is 0 Å². The summed E-state index contributed by atoms with van der Waals surface area (Å²) >= 11 is 0. The molecule has 0 fully saturated rings. The predicted molar refractivity (Wildman–Crippen MR) is 83.3 cm³/mol. The first-order valence-electron chi connectivity index (χ1n) is 7.61. The molecule has 2 N–H and O–H groups in total. The SMILES string of the molecule is COc1c(O)ccc2c1CN1CCc3ccc(O)cc3C1C2. The van der Waals surface area contributed by atoms with Gasteiger partial charge in [-0.3, -0.25) is 4.90 Å². The molecule has 0 bridgehead atoms. The van der Waals surface area contributed by atoms with Crippen molar-refractivity contribution >= 4 is 0 Å². The van der Waals surface area contributed by atoms with Crippen molar-refractivity contribution < 1.29 is 14.9 Å². The van der Waals surface area contributed by atoms with Crippen molar-refractivity contribution in [3.05, 3.63) is 52.6 Å². The number of phenols is 2. The van der Waals surface area contributed by atoms with Gasteiger partial charge in [-0.15, -0.1) is 0 Å². The van der Waals surface area contributed by atoms with Crippen molar-refractivity contribution in [2.75, 3.05) is 13.7 Å². The standard InChI is InChI=1S/C18H19NO3/c1-22-18-15-10-19-7-6-11-2-4-13(20)9-14(11)16(19)8-12(15)3-5-17(18)21/h2-5,9,16,20-21H,6-8,10H2,1H3. The second-order valence-corrected chi connectivity index (χ2v) is 6.08. The van der Waals surface area contributed by atoms with Crippen LogP contribution in [0.4, 0.5) is 0 Å². The van der Waals surface area contributed by atoms with E-state index in [1.54, 1.807) is 19.2 Å². The maximum absolute atomic E-state index is 9.98. The molecule has 2 aromatic rings. The van der Waals surface area contributed by atoms with E-state index < -0.39 is 0 Å². The fraction of sp³-hybridized carbons (Fsp3) is 0.333. The quantitative estimate of drug-likeness (QED) is 0.850. The zero-order valence-electron chi connectivity index (χ0n) is 12.5. The van der Waals surface area contributed by atoms with Crippen LogP contribution in [0.3, 0.4) is 0 Å². The molecular weight excluding hydrogens is 278 g/mol. The van der Waals surface area contributed by atoms with Gasteiger partial charge in [0, 0.05) is 24.7 Å². The van der Waals surface area contributed by atoms with Crippen molar-refractivity contribution in [1.29, 1.82) is 0 Å². The molecule has 4 nitrogen and oxygen atoms in total. The van der Waals surface area contributed by atoms with E-state index in [-0.39, 0.29) is 11.8 Å². The molecule has 22 heavy (non-hydrogen) atoms. The average Bonchev–Trinajstić information content (AvgIpc) is 2.53. The van der Waals surface area contributed by atoms with Crippen LogP contribution in [-0.4, -0.2) is 28.8 Å². The lowest BCUT2D eigenvalue weighted by atomic mass is 9.83. The van der Waals surface area contributed by atoms with E-state index in [1.807, 2.05) is 18.2 Å². The Labute approximate surface area is 129 Å². The van der Waals surface area contributed by atoms with E-state index in [1.165, 1.54) is 16.7 Å². The summed E-state index contributed by atoms with van der Waals surface area (Å²) in [6.07, 6.45) is 1.87. The van der Waals surface area contributed by atoms with Gasteiger partial charge in [0.1, 0.15) is 5.75 Å². The molecule has 0 saturated carbocycles. The van der Waals surface area contributed by atoms with Gasteiger partial charge in [0.2, 0.25) is 0 Å². The highest BCUT2D eigenvalue weighted by Crippen LogP contribution is 2.43. The van der Waals surface area contributed by atoms with Gasteiger partial charge in [-0.1, -0.05) is 12.1 Å². The molecule has 114 valence electrons. The highest BCUT2D eigenvalue weighted by Gasteiger charge is 2.33. The summed E-state index contributed by atoms with van der Waals surface area (Å²) in [6, 6.07) is 9.69. The summed E-state index contributed by atoms with van der Waals surface area (Å²) in [6.45, 7) is 1.76. The third-order valence-electron chi connectivity index (χ3n) is 4.91. The minimum atomic E-state index is 0.203. The number of hydrogen-bond acceptors (Lipinski definition) is 4. The van der Waals surface area contributed by atoms with Gasteiger partial charge in [0.25, 0.3) is 0 Å². The van der Waals surface area contributed by atoms with Crippen molar-refractivity contribution in [2.24, 2.45) is 0 Å². The van der Waals surface area contributed by atoms with Gasteiger partial charge in [-0.05, 0) is 47.7 Å². The number of ether oxygens (including phenoxy) is 1. The summed E-state index contributed by atoms with van der Waals surface area (Å²) in [5.74, 6) is 1.13. The van der Waals surface area contributed by atoms with E-state index in [2.05, 4.69) is 4.90 Å². The van der Waals surface area contributed by atoms with Gasteiger partial charge in [0.15, 0.2) is 11.5 Å². The summed E-state index contributed by atoms with van der Waals surface area (Å²) in [7, 11) is 1.60. The second-order valence-electron chi connectivity index (χ2n) is 6.08. The van der Waals surface area contributed by atoms with Crippen LogP contribution in [-0.2, 0) is 19.4 Å². The van der Waals surface area contributed by atoms with Crippen LogP contribution in [0, 0.1) is 0 Å². The lowest BCUT2D eigenvalue weighted by Gasteiger charge is -2.41. The molecule has 2 aromatic carbocycles. The topological polar surface area (TPSA) is 52.9 Å². The molecule has 0 radical (unpaired) electrons.